The summed E-state index contributed by atoms with van der Waals surface area (Å²) in [6.07, 6.45) is 0.536. The number of benzene rings is 2. The maximum atomic E-state index is 12.7. The van der Waals surface area contributed by atoms with E-state index < -0.39 is 6.04 Å². The summed E-state index contributed by atoms with van der Waals surface area (Å²) in [6.45, 7) is 4.36. The van der Waals surface area contributed by atoms with Gasteiger partial charge < -0.3 is 10.1 Å². The lowest BCUT2D eigenvalue weighted by molar-refractivity contribution is -0.125. The summed E-state index contributed by atoms with van der Waals surface area (Å²) in [5, 5.41) is 2.95. The number of fused-ring (bicyclic) bond motifs is 1. The molecule has 2 amide bonds. The highest BCUT2D eigenvalue weighted by molar-refractivity contribution is 6.02. The van der Waals surface area contributed by atoms with Crippen LogP contribution in [0, 0.1) is 0 Å². The lowest BCUT2D eigenvalue weighted by Crippen LogP contribution is -2.47. The molecule has 5 heteroatoms. The molecule has 0 spiro atoms. The molecule has 2 aromatic carbocycles. The van der Waals surface area contributed by atoms with Gasteiger partial charge in [-0.3, -0.25) is 14.5 Å². The van der Waals surface area contributed by atoms with E-state index in [4.69, 9.17) is 4.74 Å². The van der Waals surface area contributed by atoms with Crippen LogP contribution in [0.5, 0.6) is 5.75 Å². The van der Waals surface area contributed by atoms with Gasteiger partial charge in [-0.25, -0.2) is 0 Å². The largest absolute Gasteiger partial charge is 0.494 e. The quantitative estimate of drug-likeness (QED) is 0.912. The van der Waals surface area contributed by atoms with E-state index in [0.29, 0.717) is 19.6 Å². The van der Waals surface area contributed by atoms with Gasteiger partial charge in [0.25, 0.3) is 0 Å². The molecule has 0 bridgehead atoms. The lowest BCUT2D eigenvalue weighted by atomic mass is 10.1. The topological polar surface area (TPSA) is 58.6 Å². The fourth-order valence-corrected chi connectivity index (χ4v) is 3.23. The molecule has 0 aromatic heterocycles. The van der Waals surface area contributed by atoms with Gasteiger partial charge in [0.05, 0.1) is 6.61 Å². The maximum Gasteiger partial charge on any atom is 0.243 e. The van der Waals surface area contributed by atoms with Crippen molar-refractivity contribution in [1.82, 2.24) is 5.32 Å². The van der Waals surface area contributed by atoms with E-state index in [1.165, 1.54) is 6.92 Å². The molecular weight excluding hydrogens is 316 g/mol. The summed E-state index contributed by atoms with van der Waals surface area (Å²) >= 11 is 0. The van der Waals surface area contributed by atoms with Gasteiger partial charge in [-0.15, -0.1) is 0 Å². The zero-order chi connectivity index (χ0) is 17.8. The second kappa shape index (κ2) is 7.38. The molecule has 130 valence electrons. The molecule has 2 aromatic rings. The van der Waals surface area contributed by atoms with Crippen molar-refractivity contribution in [3.05, 3.63) is 59.7 Å². The van der Waals surface area contributed by atoms with Gasteiger partial charge in [-0.05, 0) is 24.6 Å². The fraction of sp³-hybridized carbons (Fsp3) is 0.300. The first-order chi connectivity index (χ1) is 12.1. The van der Waals surface area contributed by atoms with Crippen molar-refractivity contribution in [1.29, 1.82) is 0 Å². The Morgan fingerprint density at radius 2 is 1.88 bits per heavy atom. The number of carbonyl (C=O) groups excluding carboxylic acids is 2. The lowest BCUT2D eigenvalue weighted by Gasteiger charge is -2.23. The molecule has 0 aliphatic carbocycles. The van der Waals surface area contributed by atoms with Crippen LogP contribution in [0.4, 0.5) is 5.69 Å². The highest BCUT2D eigenvalue weighted by Crippen LogP contribution is 2.32. The first-order valence-corrected chi connectivity index (χ1v) is 8.48. The molecule has 0 radical (unpaired) electrons. The number of hydrogen-bond acceptors (Lipinski definition) is 3. The highest BCUT2D eigenvalue weighted by Gasteiger charge is 2.36. The number of carbonyl (C=O) groups is 2. The minimum Gasteiger partial charge on any atom is -0.494 e. The summed E-state index contributed by atoms with van der Waals surface area (Å²) in [7, 11) is 0. The van der Waals surface area contributed by atoms with E-state index >= 15 is 0 Å². The highest BCUT2D eigenvalue weighted by atomic mass is 16.5. The third kappa shape index (κ3) is 3.50. The average molecular weight is 338 g/mol. The Hall–Kier alpha value is -2.82. The number of anilines is 1. The predicted octanol–water partition coefficient (Wildman–Crippen LogP) is 2.68. The molecule has 1 N–H and O–H groups in total. The van der Waals surface area contributed by atoms with Gasteiger partial charge in [0.2, 0.25) is 11.8 Å². The standard InChI is InChI=1S/C20H22N2O3/c1-3-25-19-11-7-5-9-16(19)13-21-20(24)18-12-15-8-4-6-10-17(15)22(18)14(2)23/h4-11,18H,3,12-13H2,1-2H3,(H,21,24). The Kier molecular flexibility index (Phi) is 5.03. The molecule has 1 aliphatic rings. The fourth-order valence-electron chi connectivity index (χ4n) is 3.23. The minimum absolute atomic E-state index is 0.125. The molecule has 25 heavy (non-hydrogen) atoms. The van der Waals surface area contributed by atoms with E-state index in [-0.39, 0.29) is 11.8 Å². The molecule has 5 nitrogen and oxygen atoms in total. The van der Waals surface area contributed by atoms with E-state index in [0.717, 1.165) is 22.6 Å². The number of rotatable bonds is 5. The van der Waals surface area contributed by atoms with Crippen molar-refractivity contribution in [3.8, 4) is 5.75 Å². The van der Waals surface area contributed by atoms with Crippen LogP contribution in [0.2, 0.25) is 0 Å². The number of ether oxygens (including phenoxy) is 1. The van der Waals surface area contributed by atoms with Crippen LogP contribution in [-0.4, -0.2) is 24.5 Å². The molecule has 1 aliphatic heterocycles. The van der Waals surface area contributed by atoms with Crippen LogP contribution < -0.4 is 15.0 Å². The van der Waals surface area contributed by atoms with Crippen LogP contribution in [-0.2, 0) is 22.6 Å². The van der Waals surface area contributed by atoms with Gasteiger partial charge >= 0.3 is 0 Å². The average Bonchev–Trinajstić information content (AvgIpc) is 3.01. The van der Waals surface area contributed by atoms with E-state index in [9.17, 15) is 9.59 Å². The van der Waals surface area contributed by atoms with Gasteiger partial charge in [0.15, 0.2) is 0 Å². The third-order valence-corrected chi connectivity index (χ3v) is 4.34. The van der Waals surface area contributed by atoms with Gasteiger partial charge in [0.1, 0.15) is 11.8 Å². The third-order valence-electron chi connectivity index (χ3n) is 4.34. The Morgan fingerprint density at radius 3 is 2.64 bits per heavy atom. The molecule has 1 unspecified atom stereocenters. The second-order valence-corrected chi connectivity index (χ2v) is 6.00. The van der Waals surface area contributed by atoms with E-state index in [1.54, 1.807) is 4.90 Å². The summed E-state index contributed by atoms with van der Waals surface area (Å²) in [6, 6.07) is 14.8. The van der Waals surface area contributed by atoms with Crippen LogP contribution >= 0.6 is 0 Å². The Bertz CT molecular complexity index is 788. The number of nitrogens with one attached hydrogen (secondary N) is 1. The van der Waals surface area contributed by atoms with Gasteiger partial charge in [-0.1, -0.05) is 36.4 Å². The first-order valence-electron chi connectivity index (χ1n) is 8.48. The predicted molar refractivity (Wildman–Crippen MR) is 96.6 cm³/mol. The SMILES string of the molecule is CCOc1ccccc1CNC(=O)C1Cc2ccccc2N1C(C)=O. The number of nitrogens with zero attached hydrogens (tertiary/aromatic N) is 1. The zero-order valence-corrected chi connectivity index (χ0v) is 14.5. The van der Waals surface area contributed by atoms with Crippen molar-refractivity contribution in [3.63, 3.8) is 0 Å². The second-order valence-electron chi connectivity index (χ2n) is 6.00. The summed E-state index contributed by atoms with van der Waals surface area (Å²) in [5.74, 6) is 0.487. The normalized spacial score (nSPS) is 15.6. The van der Waals surface area contributed by atoms with Crippen LogP contribution in [0.1, 0.15) is 25.0 Å². The van der Waals surface area contributed by atoms with Gasteiger partial charge in [-0.2, -0.15) is 0 Å². The minimum atomic E-state index is -0.505. The smallest absolute Gasteiger partial charge is 0.243 e. The number of hydrogen-bond donors (Lipinski definition) is 1. The maximum absolute atomic E-state index is 12.7. The number of amides is 2. The van der Waals surface area contributed by atoms with Crippen molar-refractivity contribution in [2.45, 2.75) is 32.9 Å². The monoisotopic (exact) mass is 338 g/mol. The Balaban J connectivity index is 1.73. The van der Waals surface area contributed by atoms with Crippen LogP contribution in [0.3, 0.4) is 0 Å². The molecule has 1 atom stereocenters. The first kappa shape index (κ1) is 17.0. The number of para-hydroxylation sites is 2. The van der Waals surface area contributed by atoms with Gasteiger partial charge in [0, 0.05) is 31.1 Å². The molecular formula is C20H22N2O3. The summed E-state index contributed by atoms with van der Waals surface area (Å²) < 4.78 is 5.59. The summed E-state index contributed by atoms with van der Waals surface area (Å²) in [4.78, 5) is 26.4. The van der Waals surface area contributed by atoms with Crippen molar-refractivity contribution in [2.24, 2.45) is 0 Å². The zero-order valence-electron chi connectivity index (χ0n) is 14.5. The molecule has 0 fully saturated rings. The molecule has 0 saturated carbocycles. The Labute approximate surface area is 147 Å². The summed E-state index contributed by atoms with van der Waals surface area (Å²) in [5.41, 5.74) is 2.76. The van der Waals surface area contributed by atoms with Crippen LogP contribution in [0.15, 0.2) is 48.5 Å². The molecule has 0 saturated heterocycles. The Morgan fingerprint density at radius 1 is 1.16 bits per heavy atom. The van der Waals surface area contributed by atoms with Crippen LogP contribution in [0.25, 0.3) is 0 Å². The van der Waals surface area contributed by atoms with Crippen molar-refractivity contribution in [2.75, 3.05) is 11.5 Å². The molecule has 1 heterocycles. The molecule has 3 rings (SSSR count). The van der Waals surface area contributed by atoms with Crippen molar-refractivity contribution >= 4 is 17.5 Å². The van der Waals surface area contributed by atoms with Crippen molar-refractivity contribution < 1.29 is 14.3 Å². The van der Waals surface area contributed by atoms with E-state index in [1.807, 2.05) is 55.5 Å². The van der Waals surface area contributed by atoms with E-state index in [2.05, 4.69) is 5.32 Å².